The first kappa shape index (κ1) is 40.5. The van der Waals surface area contributed by atoms with Gasteiger partial charge in [-0.05, 0) is 57.8 Å². The maximum absolute atomic E-state index is 12.4. The van der Waals surface area contributed by atoms with Crippen molar-refractivity contribution in [3.8, 4) is 0 Å². The molecule has 0 spiro atoms. The fraction of sp³-hybridized carbons (Fsp3) is 0.583. The molecule has 0 aromatic carbocycles. The number of rotatable bonds is 27. The van der Waals surface area contributed by atoms with Crippen LogP contribution in [-0.4, -0.2) is 41.9 Å². The summed E-state index contributed by atoms with van der Waals surface area (Å²) in [5, 5.41) is 13.0. The third-order valence-corrected chi connectivity index (χ3v) is 7.37. The van der Waals surface area contributed by atoms with Gasteiger partial charge in [0.1, 0.15) is 0 Å². The van der Waals surface area contributed by atoms with Crippen molar-refractivity contribution in [1.29, 1.82) is 0 Å². The molecule has 43 heavy (non-hydrogen) atoms. The lowest BCUT2D eigenvalue weighted by Crippen LogP contribution is -2.46. The topological polar surface area (TPSA) is 104 Å². The Morgan fingerprint density at radius 2 is 1.12 bits per heavy atom. The van der Waals surface area contributed by atoms with Crippen LogP contribution in [0.3, 0.4) is 0 Å². The van der Waals surface area contributed by atoms with E-state index in [4.69, 9.17) is 0 Å². The Kier molecular flexibility index (Phi) is 27.9. The molecule has 244 valence electrons. The molecule has 2 unspecified atom stereocenters. The van der Waals surface area contributed by atoms with Gasteiger partial charge in [0.25, 0.3) is 10.1 Å². The molecule has 0 fully saturated rings. The highest BCUT2D eigenvalue weighted by Gasteiger charge is 2.24. The van der Waals surface area contributed by atoms with E-state index in [1.807, 2.05) is 18.2 Å². The van der Waals surface area contributed by atoms with Crippen molar-refractivity contribution in [3.05, 3.63) is 85.1 Å². The number of unbranched alkanes of at least 4 members (excludes halogenated alkanes) is 7. The summed E-state index contributed by atoms with van der Waals surface area (Å²) in [6.07, 6.45) is 43.0. The van der Waals surface area contributed by atoms with Gasteiger partial charge < -0.3 is 10.4 Å². The van der Waals surface area contributed by atoms with Crippen LogP contribution in [0.1, 0.15) is 117 Å². The van der Waals surface area contributed by atoms with E-state index in [2.05, 4.69) is 79.9 Å². The van der Waals surface area contributed by atoms with Gasteiger partial charge in [0.2, 0.25) is 5.91 Å². The molecule has 0 rings (SSSR count). The van der Waals surface area contributed by atoms with Gasteiger partial charge in [-0.1, -0.05) is 137 Å². The molecule has 0 saturated carbocycles. The lowest BCUT2D eigenvalue weighted by Gasteiger charge is -2.20. The molecular formula is C36H59NO5S. The minimum absolute atomic E-state index is 0.165. The second-order valence-corrected chi connectivity index (χ2v) is 12.2. The van der Waals surface area contributed by atoms with Crippen molar-refractivity contribution in [3.63, 3.8) is 0 Å². The van der Waals surface area contributed by atoms with Crippen LogP contribution in [0.25, 0.3) is 0 Å². The van der Waals surface area contributed by atoms with Crippen LogP contribution in [0.2, 0.25) is 0 Å². The van der Waals surface area contributed by atoms with E-state index in [0.29, 0.717) is 6.42 Å². The Hall–Kier alpha value is -2.48. The molecule has 0 radical (unpaired) electrons. The Bertz CT molecular complexity index is 989. The average Bonchev–Trinajstić information content (AvgIpc) is 2.96. The number of carbonyl (C=O) groups is 1. The van der Waals surface area contributed by atoms with E-state index in [1.165, 1.54) is 38.2 Å². The molecule has 1 amide bonds. The fourth-order valence-electron chi connectivity index (χ4n) is 4.17. The predicted molar refractivity (Wildman–Crippen MR) is 184 cm³/mol. The summed E-state index contributed by atoms with van der Waals surface area (Å²) in [4.78, 5) is 12.4. The molecule has 0 aliphatic carbocycles. The maximum Gasteiger partial charge on any atom is 0.267 e. The molecule has 0 saturated heterocycles. The highest BCUT2D eigenvalue weighted by atomic mass is 32.2. The Morgan fingerprint density at radius 1 is 0.651 bits per heavy atom. The van der Waals surface area contributed by atoms with Gasteiger partial charge in [0.05, 0.1) is 17.9 Å². The van der Waals surface area contributed by atoms with Gasteiger partial charge in [-0.25, -0.2) is 0 Å². The van der Waals surface area contributed by atoms with Crippen LogP contribution < -0.4 is 5.32 Å². The van der Waals surface area contributed by atoms with E-state index in [1.54, 1.807) is 0 Å². The van der Waals surface area contributed by atoms with Gasteiger partial charge in [-0.3, -0.25) is 9.35 Å². The minimum atomic E-state index is -4.36. The van der Waals surface area contributed by atoms with Crippen LogP contribution in [0.4, 0.5) is 0 Å². The van der Waals surface area contributed by atoms with Crippen molar-refractivity contribution in [1.82, 2.24) is 5.32 Å². The summed E-state index contributed by atoms with van der Waals surface area (Å²) in [6, 6.07) is -1.10. The first-order valence-electron chi connectivity index (χ1n) is 16.3. The first-order valence-corrected chi connectivity index (χ1v) is 17.9. The highest BCUT2D eigenvalue weighted by molar-refractivity contribution is 7.85. The van der Waals surface area contributed by atoms with Crippen molar-refractivity contribution in [2.75, 3.05) is 5.75 Å². The van der Waals surface area contributed by atoms with Crippen LogP contribution in [0.5, 0.6) is 0 Å². The van der Waals surface area contributed by atoms with Gasteiger partial charge >= 0.3 is 0 Å². The molecule has 0 heterocycles. The van der Waals surface area contributed by atoms with Crippen molar-refractivity contribution < 1.29 is 22.9 Å². The molecule has 0 bridgehead atoms. The van der Waals surface area contributed by atoms with Gasteiger partial charge in [-0.15, -0.1) is 0 Å². The standard InChI is InChI=1S/C36H59NO5S/c1-3-5-7-9-11-13-14-15-16-17-18-19-20-21-22-24-26-28-30-32-36(39)37-34(33-43(40,41)42)35(38)31-29-27-25-23-12-10-8-6-4-2/h5,7,11,13,15-16,18-19,21-22,26,28-29,31,34-35,38H,3-4,6,8-10,12,14,17,20,23-25,27,30,32-33H2,1-2H3,(H,37,39)(H,40,41,42)/b7-5-,13-11-,16-15-,19-18-,22-21-,28-26-,31-29+. The number of aliphatic hydroxyl groups is 1. The van der Waals surface area contributed by atoms with Gasteiger partial charge in [0.15, 0.2) is 0 Å². The summed E-state index contributed by atoms with van der Waals surface area (Å²) in [5.41, 5.74) is 0. The minimum Gasteiger partial charge on any atom is -0.387 e. The number of carbonyl (C=O) groups excluding carboxylic acids is 1. The third kappa shape index (κ3) is 30.8. The smallest absolute Gasteiger partial charge is 0.267 e. The third-order valence-electron chi connectivity index (χ3n) is 6.59. The second-order valence-electron chi connectivity index (χ2n) is 10.7. The van der Waals surface area contributed by atoms with Crippen molar-refractivity contribution in [2.24, 2.45) is 0 Å². The lowest BCUT2D eigenvalue weighted by molar-refractivity contribution is -0.122. The maximum atomic E-state index is 12.4. The summed E-state index contributed by atoms with van der Waals surface area (Å²) in [7, 11) is -4.36. The summed E-state index contributed by atoms with van der Waals surface area (Å²) in [5.74, 6) is -1.10. The van der Waals surface area contributed by atoms with E-state index in [0.717, 1.165) is 57.8 Å². The zero-order valence-corrected chi connectivity index (χ0v) is 27.6. The monoisotopic (exact) mass is 617 g/mol. The first-order chi connectivity index (χ1) is 20.8. The summed E-state index contributed by atoms with van der Waals surface area (Å²) in [6.45, 7) is 4.33. The van der Waals surface area contributed by atoms with Crippen LogP contribution >= 0.6 is 0 Å². The van der Waals surface area contributed by atoms with Gasteiger partial charge in [0, 0.05) is 6.42 Å². The van der Waals surface area contributed by atoms with Gasteiger partial charge in [-0.2, -0.15) is 8.42 Å². The average molecular weight is 618 g/mol. The number of aliphatic hydroxyl groups excluding tert-OH is 1. The molecule has 3 N–H and O–H groups in total. The Morgan fingerprint density at radius 3 is 1.60 bits per heavy atom. The van der Waals surface area contributed by atoms with E-state index < -0.39 is 28.0 Å². The number of amides is 1. The quantitative estimate of drug-likeness (QED) is 0.0485. The Balaban J connectivity index is 4.21. The van der Waals surface area contributed by atoms with Crippen LogP contribution in [0, 0.1) is 0 Å². The Labute approximate surface area is 263 Å². The number of nitrogens with one attached hydrogen (secondary N) is 1. The summed E-state index contributed by atoms with van der Waals surface area (Å²) >= 11 is 0. The van der Waals surface area contributed by atoms with E-state index >= 15 is 0 Å². The fourth-order valence-corrected chi connectivity index (χ4v) is 4.91. The molecule has 6 nitrogen and oxygen atoms in total. The molecule has 0 aromatic rings. The largest absolute Gasteiger partial charge is 0.387 e. The normalized spacial score (nSPS) is 14.6. The molecule has 0 aliphatic heterocycles. The zero-order valence-electron chi connectivity index (χ0n) is 26.8. The summed E-state index contributed by atoms with van der Waals surface area (Å²) < 4.78 is 32.1. The number of hydrogen-bond acceptors (Lipinski definition) is 4. The number of allylic oxidation sites excluding steroid dienone is 13. The van der Waals surface area contributed by atoms with Crippen molar-refractivity contribution in [2.45, 2.75) is 129 Å². The predicted octanol–water partition coefficient (Wildman–Crippen LogP) is 8.89. The number of hydrogen-bond donors (Lipinski definition) is 3. The zero-order chi connectivity index (χ0) is 31.9. The second kappa shape index (κ2) is 29.6. The van der Waals surface area contributed by atoms with Crippen molar-refractivity contribution >= 4 is 16.0 Å². The lowest BCUT2D eigenvalue weighted by atomic mass is 10.1. The molecule has 7 heteroatoms. The highest BCUT2D eigenvalue weighted by Crippen LogP contribution is 2.10. The molecule has 2 atom stereocenters. The molecular weight excluding hydrogens is 558 g/mol. The SMILES string of the molecule is CC/C=C\C/C=C\C/C=C\C/C=C\C/C=C\C/C=C\CCC(=O)NC(CS(=O)(=O)O)C(O)/C=C/CCCCCCCCC. The van der Waals surface area contributed by atoms with Crippen LogP contribution in [-0.2, 0) is 14.9 Å². The van der Waals surface area contributed by atoms with E-state index in [-0.39, 0.29) is 12.3 Å². The van der Waals surface area contributed by atoms with Crippen LogP contribution in [0.15, 0.2) is 85.1 Å². The molecule has 0 aromatic heterocycles. The van der Waals surface area contributed by atoms with E-state index in [9.17, 15) is 22.9 Å². The molecule has 0 aliphatic rings.